The number of hydrazone groups is 1. The van der Waals surface area contributed by atoms with Crippen molar-refractivity contribution in [1.29, 1.82) is 0 Å². The van der Waals surface area contributed by atoms with Gasteiger partial charge in [0.1, 0.15) is 5.82 Å². The van der Waals surface area contributed by atoms with Gasteiger partial charge in [-0.1, -0.05) is 12.1 Å². The van der Waals surface area contributed by atoms with Crippen molar-refractivity contribution >= 4 is 12.1 Å². The van der Waals surface area contributed by atoms with E-state index in [0.29, 0.717) is 0 Å². The zero-order chi connectivity index (χ0) is 9.68. The molecule has 0 fully saturated rings. The van der Waals surface area contributed by atoms with Crippen molar-refractivity contribution in [2.24, 2.45) is 5.10 Å². The number of benzene rings is 1. The SMILES string of the molecule is CC(=O)N/N=C/c1ccc(F)cc1. The van der Waals surface area contributed by atoms with Crippen LogP contribution in [0.4, 0.5) is 4.39 Å². The molecule has 0 aliphatic rings. The molecular weight excluding hydrogens is 171 g/mol. The summed E-state index contributed by atoms with van der Waals surface area (Å²) >= 11 is 0. The van der Waals surface area contributed by atoms with E-state index in [-0.39, 0.29) is 11.7 Å². The molecule has 0 unspecified atom stereocenters. The first-order valence-corrected chi connectivity index (χ1v) is 3.73. The molecule has 0 saturated carbocycles. The summed E-state index contributed by atoms with van der Waals surface area (Å²) in [7, 11) is 0. The van der Waals surface area contributed by atoms with Gasteiger partial charge in [-0.25, -0.2) is 9.82 Å². The van der Waals surface area contributed by atoms with Gasteiger partial charge in [-0.05, 0) is 17.7 Å². The maximum atomic E-state index is 12.4. The summed E-state index contributed by atoms with van der Waals surface area (Å²) in [5.74, 6) is -0.532. The molecule has 0 atom stereocenters. The zero-order valence-electron chi connectivity index (χ0n) is 7.12. The minimum atomic E-state index is -0.295. The van der Waals surface area contributed by atoms with Crippen LogP contribution in [-0.4, -0.2) is 12.1 Å². The Kier molecular flexibility index (Phi) is 3.14. The van der Waals surface area contributed by atoms with E-state index in [0.717, 1.165) is 5.56 Å². The van der Waals surface area contributed by atoms with Crippen LogP contribution < -0.4 is 5.43 Å². The number of nitrogens with one attached hydrogen (secondary N) is 1. The fraction of sp³-hybridized carbons (Fsp3) is 0.111. The quantitative estimate of drug-likeness (QED) is 0.540. The molecule has 1 rings (SSSR count). The fourth-order valence-corrected chi connectivity index (χ4v) is 0.747. The maximum absolute atomic E-state index is 12.4. The van der Waals surface area contributed by atoms with Gasteiger partial charge in [0.15, 0.2) is 0 Å². The maximum Gasteiger partial charge on any atom is 0.236 e. The molecule has 1 aromatic rings. The van der Waals surface area contributed by atoms with Crippen molar-refractivity contribution in [3.8, 4) is 0 Å². The van der Waals surface area contributed by atoms with E-state index in [1.165, 1.54) is 25.3 Å². The first-order valence-electron chi connectivity index (χ1n) is 3.73. The molecule has 0 aromatic heterocycles. The molecule has 13 heavy (non-hydrogen) atoms. The van der Waals surface area contributed by atoms with E-state index < -0.39 is 0 Å². The van der Waals surface area contributed by atoms with Crippen LogP contribution in [-0.2, 0) is 4.79 Å². The minimum Gasteiger partial charge on any atom is -0.274 e. The lowest BCUT2D eigenvalue weighted by molar-refractivity contribution is -0.118. The van der Waals surface area contributed by atoms with E-state index in [1.807, 2.05) is 0 Å². The lowest BCUT2D eigenvalue weighted by atomic mass is 10.2. The highest BCUT2D eigenvalue weighted by Crippen LogP contribution is 1.99. The Morgan fingerprint density at radius 3 is 2.62 bits per heavy atom. The van der Waals surface area contributed by atoms with Crippen LogP contribution in [0.2, 0.25) is 0 Å². The molecule has 0 heterocycles. The Bertz CT molecular complexity index is 319. The number of carbonyl (C=O) groups is 1. The number of hydrogen-bond donors (Lipinski definition) is 1. The summed E-state index contributed by atoms with van der Waals surface area (Å²) in [5.41, 5.74) is 2.98. The van der Waals surface area contributed by atoms with Gasteiger partial charge in [-0.15, -0.1) is 0 Å². The summed E-state index contributed by atoms with van der Waals surface area (Å²) in [4.78, 5) is 10.4. The lowest BCUT2D eigenvalue weighted by Gasteiger charge is -1.92. The number of hydrogen-bond acceptors (Lipinski definition) is 2. The summed E-state index contributed by atoms with van der Waals surface area (Å²) in [6.07, 6.45) is 1.45. The molecule has 3 nitrogen and oxygen atoms in total. The predicted molar refractivity (Wildman–Crippen MR) is 47.8 cm³/mol. The third-order valence-electron chi connectivity index (χ3n) is 1.31. The van der Waals surface area contributed by atoms with Gasteiger partial charge in [-0.3, -0.25) is 4.79 Å². The highest BCUT2D eigenvalue weighted by molar-refractivity contribution is 5.81. The number of nitrogens with zero attached hydrogens (tertiary/aromatic N) is 1. The summed E-state index contributed by atoms with van der Waals surface area (Å²) in [5, 5.41) is 3.62. The average Bonchev–Trinajstić information content (AvgIpc) is 2.08. The zero-order valence-corrected chi connectivity index (χ0v) is 7.12. The third-order valence-corrected chi connectivity index (χ3v) is 1.31. The van der Waals surface area contributed by atoms with Gasteiger partial charge >= 0.3 is 0 Å². The van der Waals surface area contributed by atoms with Gasteiger partial charge in [-0.2, -0.15) is 5.10 Å². The van der Waals surface area contributed by atoms with E-state index in [1.54, 1.807) is 12.1 Å². The van der Waals surface area contributed by atoms with Crippen molar-refractivity contribution in [2.75, 3.05) is 0 Å². The molecule has 1 N–H and O–H groups in total. The number of carbonyl (C=O) groups excluding carboxylic acids is 1. The largest absolute Gasteiger partial charge is 0.274 e. The lowest BCUT2D eigenvalue weighted by Crippen LogP contribution is -2.12. The number of amides is 1. The van der Waals surface area contributed by atoms with Gasteiger partial charge in [0.05, 0.1) is 6.21 Å². The summed E-state index contributed by atoms with van der Waals surface area (Å²) in [6, 6.07) is 5.80. The van der Waals surface area contributed by atoms with Crippen LogP contribution in [0.3, 0.4) is 0 Å². The Labute approximate surface area is 75.3 Å². The van der Waals surface area contributed by atoms with Crippen LogP contribution in [0.15, 0.2) is 29.4 Å². The van der Waals surface area contributed by atoms with Crippen LogP contribution >= 0.6 is 0 Å². The van der Waals surface area contributed by atoms with Crippen molar-refractivity contribution in [3.05, 3.63) is 35.6 Å². The van der Waals surface area contributed by atoms with Crippen LogP contribution in [0.25, 0.3) is 0 Å². The first kappa shape index (κ1) is 9.38. The molecule has 0 radical (unpaired) electrons. The normalized spacial score (nSPS) is 10.3. The van der Waals surface area contributed by atoms with Crippen molar-refractivity contribution in [3.63, 3.8) is 0 Å². The smallest absolute Gasteiger partial charge is 0.236 e. The first-order chi connectivity index (χ1) is 6.18. The predicted octanol–water partition coefficient (Wildman–Crippen LogP) is 1.30. The average molecular weight is 180 g/mol. The Hall–Kier alpha value is -1.71. The Morgan fingerprint density at radius 1 is 1.46 bits per heavy atom. The van der Waals surface area contributed by atoms with E-state index in [4.69, 9.17) is 0 Å². The minimum absolute atomic E-state index is 0.238. The van der Waals surface area contributed by atoms with Gasteiger partial charge < -0.3 is 0 Å². The topological polar surface area (TPSA) is 41.5 Å². The molecule has 0 bridgehead atoms. The molecule has 1 aromatic carbocycles. The number of halogens is 1. The van der Waals surface area contributed by atoms with Crippen molar-refractivity contribution in [1.82, 2.24) is 5.43 Å². The van der Waals surface area contributed by atoms with E-state index in [2.05, 4.69) is 10.5 Å². The Morgan fingerprint density at radius 2 is 2.08 bits per heavy atom. The Balaban J connectivity index is 2.59. The second kappa shape index (κ2) is 4.35. The van der Waals surface area contributed by atoms with E-state index in [9.17, 15) is 9.18 Å². The fourth-order valence-electron chi connectivity index (χ4n) is 0.747. The van der Waals surface area contributed by atoms with Gasteiger partial charge in [0, 0.05) is 6.92 Å². The molecule has 0 saturated heterocycles. The summed E-state index contributed by atoms with van der Waals surface area (Å²) in [6.45, 7) is 1.36. The highest BCUT2D eigenvalue weighted by atomic mass is 19.1. The van der Waals surface area contributed by atoms with Gasteiger partial charge in [0.2, 0.25) is 5.91 Å². The second-order valence-corrected chi connectivity index (χ2v) is 2.48. The highest BCUT2D eigenvalue weighted by Gasteiger charge is 1.89. The molecule has 0 spiro atoms. The van der Waals surface area contributed by atoms with Crippen LogP contribution in [0.1, 0.15) is 12.5 Å². The van der Waals surface area contributed by atoms with E-state index >= 15 is 0 Å². The molecular formula is C9H9FN2O. The molecule has 4 heteroatoms. The number of rotatable bonds is 2. The molecule has 68 valence electrons. The molecule has 1 amide bonds. The van der Waals surface area contributed by atoms with Crippen LogP contribution in [0, 0.1) is 5.82 Å². The molecule has 0 aliphatic heterocycles. The second-order valence-electron chi connectivity index (χ2n) is 2.48. The standard InChI is InChI=1S/C9H9FN2O/c1-7(13)12-11-6-8-2-4-9(10)5-3-8/h2-6H,1H3,(H,12,13)/b11-6+. The summed E-state index contributed by atoms with van der Waals surface area (Å²) < 4.78 is 12.4. The van der Waals surface area contributed by atoms with Crippen LogP contribution in [0.5, 0.6) is 0 Å². The van der Waals surface area contributed by atoms with Gasteiger partial charge in [0.25, 0.3) is 0 Å². The monoisotopic (exact) mass is 180 g/mol. The van der Waals surface area contributed by atoms with Crippen molar-refractivity contribution < 1.29 is 9.18 Å². The molecule has 0 aliphatic carbocycles. The third kappa shape index (κ3) is 3.46. The van der Waals surface area contributed by atoms with Crippen molar-refractivity contribution in [2.45, 2.75) is 6.92 Å².